The number of hydrogen-bond donors (Lipinski definition) is 2. The Balaban J connectivity index is 2.05. The SMILES string of the molecule is NCCc1ccc(-n2nc3ccccc3n2)c(O)c1. The number of benzene rings is 2. The van der Waals surface area contributed by atoms with Crippen LogP contribution in [0, 0.1) is 0 Å². The van der Waals surface area contributed by atoms with E-state index in [0.29, 0.717) is 12.2 Å². The molecule has 1 heterocycles. The van der Waals surface area contributed by atoms with E-state index in [2.05, 4.69) is 10.2 Å². The molecule has 0 spiro atoms. The van der Waals surface area contributed by atoms with E-state index in [-0.39, 0.29) is 5.75 Å². The van der Waals surface area contributed by atoms with Crippen molar-refractivity contribution in [2.75, 3.05) is 6.54 Å². The molecule has 5 heteroatoms. The van der Waals surface area contributed by atoms with Crippen molar-refractivity contribution in [1.82, 2.24) is 15.0 Å². The van der Waals surface area contributed by atoms with E-state index in [0.717, 1.165) is 23.0 Å². The lowest BCUT2D eigenvalue weighted by Gasteiger charge is -2.05. The molecule has 0 saturated heterocycles. The van der Waals surface area contributed by atoms with Gasteiger partial charge in [0.2, 0.25) is 0 Å². The van der Waals surface area contributed by atoms with E-state index in [1.807, 2.05) is 30.3 Å². The van der Waals surface area contributed by atoms with Crippen molar-refractivity contribution < 1.29 is 5.11 Å². The van der Waals surface area contributed by atoms with Crippen molar-refractivity contribution in [1.29, 1.82) is 0 Å². The third-order valence-electron chi connectivity index (χ3n) is 2.97. The van der Waals surface area contributed by atoms with Crippen molar-refractivity contribution in [3.05, 3.63) is 48.0 Å². The Morgan fingerprint density at radius 3 is 2.32 bits per heavy atom. The number of nitrogens with zero attached hydrogens (tertiary/aromatic N) is 3. The van der Waals surface area contributed by atoms with Crippen LogP contribution in [0.5, 0.6) is 5.75 Å². The van der Waals surface area contributed by atoms with E-state index in [9.17, 15) is 5.11 Å². The van der Waals surface area contributed by atoms with Gasteiger partial charge in [-0.2, -0.15) is 0 Å². The molecule has 19 heavy (non-hydrogen) atoms. The highest BCUT2D eigenvalue weighted by Crippen LogP contribution is 2.23. The molecule has 96 valence electrons. The summed E-state index contributed by atoms with van der Waals surface area (Å²) in [6.07, 6.45) is 0.738. The molecule has 0 fully saturated rings. The molecular formula is C14H14N4O. The fraction of sp³-hybridized carbons (Fsp3) is 0.143. The molecular weight excluding hydrogens is 240 g/mol. The molecule has 5 nitrogen and oxygen atoms in total. The standard InChI is InChI=1S/C14H14N4O/c15-8-7-10-5-6-13(14(19)9-10)18-16-11-3-1-2-4-12(11)17-18/h1-6,9,19H,7-8,15H2. The second-order valence-electron chi connectivity index (χ2n) is 4.34. The minimum absolute atomic E-state index is 0.159. The monoisotopic (exact) mass is 254 g/mol. The highest BCUT2D eigenvalue weighted by atomic mass is 16.3. The van der Waals surface area contributed by atoms with Crippen LogP contribution in [0.25, 0.3) is 16.7 Å². The summed E-state index contributed by atoms with van der Waals surface area (Å²) in [6, 6.07) is 13.0. The summed E-state index contributed by atoms with van der Waals surface area (Å²) in [7, 11) is 0. The molecule has 3 rings (SSSR count). The van der Waals surface area contributed by atoms with Crippen LogP contribution in [0.1, 0.15) is 5.56 Å². The normalized spacial score (nSPS) is 11.0. The fourth-order valence-corrected chi connectivity index (χ4v) is 2.03. The van der Waals surface area contributed by atoms with Crippen molar-refractivity contribution >= 4 is 11.0 Å². The van der Waals surface area contributed by atoms with Crippen molar-refractivity contribution in [3.63, 3.8) is 0 Å². The second-order valence-corrected chi connectivity index (χ2v) is 4.34. The smallest absolute Gasteiger partial charge is 0.143 e. The zero-order valence-corrected chi connectivity index (χ0v) is 10.3. The van der Waals surface area contributed by atoms with E-state index in [4.69, 9.17) is 5.73 Å². The molecule has 0 atom stereocenters. The van der Waals surface area contributed by atoms with Crippen LogP contribution in [-0.2, 0) is 6.42 Å². The predicted octanol–water partition coefficient (Wildman–Crippen LogP) is 1.63. The maximum Gasteiger partial charge on any atom is 0.143 e. The molecule has 0 amide bonds. The van der Waals surface area contributed by atoms with Gasteiger partial charge in [-0.15, -0.1) is 15.0 Å². The van der Waals surface area contributed by atoms with Crippen LogP contribution in [0.3, 0.4) is 0 Å². The molecule has 0 radical (unpaired) electrons. The van der Waals surface area contributed by atoms with Gasteiger partial charge in [0.05, 0.1) is 0 Å². The molecule has 0 saturated carbocycles. The first-order valence-corrected chi connectivity index (χ1v) is 6.12. The number of aromatic hydroxyl groups is 1. The van der Waals surface area contributed by atoms with E-state index < -0.39 is 0 Å². The number of fused-ring (bicyclic) bond motifs is 1. The first-order valence-electron chi connectivity index (χ1n) is 6.12. The molecule has 2 aromatic carbocycles. The third-order valence-corrected chi connectivity index (χ3v) is 2.97. The summed E-state index contributed by atoms with van der Waals surface area (Å²) < 4.78 is 0. The molecule has 0 bridgehead atoms. The number of phenols is 1. The van der Waals surface area contributed by atoms with Crippen molar-refractivity contribution in [3.8, 4) is 11.4 Å². The van der Waals surface area contributed by atoms with Gasteiger partial charge in [-0.1, -0.05) is 18.2 Å². The van der Waals surface area contributed by atoms with Crippen LogP contribution >= 0.6 is 0 Å². The number of hydrogen-bond acceptors (Lipinski definition) is 4. The van der Waals surface area contributed by atoms with Crippen molar-refractivity contribution in [2.45, 2.75) is 6.42 Å². The number of phenolic OH excluding ortho intramolecular Hbond substituents is 1. The van der Waals surface area contributed by atoms with Gasteiger partial charge in [0.25, 0.3) is 0 Å². The predicted molar refractivity (Wildman–Crippen MR) is 73.3 cm³/mol. The summed E-state index contributed by atoms with van der Waals surface area (Å²) in [5.41, 5.74) is 8.66. The molecule has 0 unspecified atom stereocenters. The van der Waals surface area contributed by atoms with Gasteiger partial charge in [-0.3, -0.25) is 0 Å². The Labute approximate surface area is 110 Å². The Hall–Kier alpha value is -2.40. The third kappa shape index (κ3) is 2.15. The van der Waals surface area contributed by atoms with Gasteiger partial charge in [0, 0.05) is 0 Å². The molecule has 3 N–H and O–H groups in total. The second kappa shape index (κ2) is 4.70. The summed E-state index contributed by atoms with van der Waals surface area (Å²) in [5, 5.41) is 18.7. The summed E-state index contributed by atoms with van der Waals surface area (Å²) in [4.78, 5) is 1.45. The van der Waals surface area contributed by atoms with Crippen LogP contribution in [0.2, 0.25) is 0 Å². The molecule has 1 aromatic heterocycles. The number of aromatic nitrogens is 3. The molecule has 0 aliphatic rings. The Morgan fingerprint density at radius 1 is 1.05 bits per heavy atom. The van der Waals surface area contributed by atoms with E-state index >= 15 is 0 Å². The minimum Gasteiger partial charge on any atom is -0.506 e. The first kappa shape index (κ1) is 11.7. The lowest BCUT2D eigenvalue weighted by molar-refractivity contribution is 0.467. The van der Waals surface area contributed by atoms with Gasteiger partial charge in [0.1, 0.15) is 22.5 Å². The van der Waals surface area contributed by atoms with Gasteiger partial charge in [-0.05, 0) is 42.8 Å². The number of nitrogens with two attached hydrogens (primary N) is 1. The van der Waals surface area contributed by atoms with Crippen LogP contribution in [0.15, 0.2) is 42.5 Å². The van der Waals surface area contributed by atoms with Crippen LogP contribution in [0.4, 0.5) is 0 Å². The average molecular weight is 254 g/mol. The van der Waals surface area contributed by atoms with Gasteiger partial charge < -0.3 is 10.8 Å². The maximum absolute atomic E-state index is 10.1. The van der Waals surface area contributed by atoms with Gasteiger partial charge >= 0.3 is 0 Å². The largest absolute Gasteiger partial charge is 0.506 e. The zero-order valence-electron chi connectivity index (χ0n) is 10.3. The van der Waals surface area contributed by atoms with Crippen LogP contribution in [-0.4, -0.2) is 26.6 Å². The Kier molecular flexibility index (Phi) is 2.89. The Bertz CT molecular complexity index is 687. The van der Waals surface area contributed by atoms with Crippen molar-refractivity contribution in [2.24, 2.45) is 5.73 Å². The zero-order chi connectivity index (χ0) is 13.2. The molecule has 3 aromatic rings. The van der Waals surface area contributed by atoms with E-state index in [1.54, 1.807) is 12.1 Å². The average Bonchev–Trinajstić information content (AvgIpc) is 2.82. The van der Waals surface area contributed by atoms with E-state index in [1.165, 1.54) is 4.80 Å². The van der Waals surface area contributed by atoms with Gasteiger partial charge in [-0.25, -0.2) is 0 Å². The summed E-state index contributed by atoms with van der Waals surface area (Å²) >= 11 is 0. The molecule has 0 aliphatic carbocycles. The fourth-order valence-electron chi connectivity index (χ4n) is 2.03. The maximum atomic E-state index is 10.1. The first-order chi connectivity index (χ1) is 9.28. The highest BCUT2D eigenvalue weighted by molar-refractivity contribution is 5.73. The van der Waals surface area contributed by atoms with Gasteiger partial charge in [0.15, 0.2) is 0 Å². The highest BCUT2D eigenvalue weighted by Gasteiger charge is 2.08. The molecule has 0 aliphatic heterocycles. The lowest BCUT2D eigenvalue weighted by atomic mass is 10.1. The quantitative estimate of drug-likeness (QED) is 0.744. The minimum atomic E-state index is 0.159. The number of rotatable bonds is 3. The Morgan fingerprint density at radius 2 is 1.74 bits per heavy atom. The summed E-state index contributed by atoms with van der Waals surface area (Å²) in [6.45, 7) is 0.558. The topological polar surface area (TPSA) is 77.0 Å². The summed E-state index contributed by atoms with van der Waals surface area (Å²) in [5.74, 6) is 0.159. The van der Waals surface area contributed by atoms with Crippen LogP contribution < -0.4 is 5.73 Å². The lowest BCUT2D eigenvalue weighted by Crippen LogP contribution is -2.04.